The molecule has 134 valence electrons. The number of anilines is 1. The molecule has 0 bridgehead atoms. The molecule has 9 nitrogen and oxygen atoms in total. The molecule has 2 aromatic rings. The normalized spacial score (nSPS) is 30.2. The van der Waals surface area contributed by atoms with Crippen molar-refractivity contribution < 1.29 is 19.3 Å². The minimum atomic E-state index is -1.72. The summed E-state index contributed by atoms with van der Waals surface area (Å²) in [5.41, 5.74) is 9.80. The molecule has 2 aromatic heterocycles. The van der Waals surface area contributed by atoms with Gasteiger partial charge in [-0.1, -0.05) is 11.8 Å². The van der Waals surface area contributed by atoms with E-state index in [9.17, 15) is 19.4 Å². The summed E-state index contributed by atoms with van der Waals surface area (Å²) < 4.78 is 19.6. The third-order valence-electron chi connectivity index (χ3n) is 4.19. The molecular weight excluding hydrogens is 333 g/mol. The number of aliphatic hydroxyl groups is 2. The van der Waals surface area contributed by atoms with E-state index in [1.807, 2.05) is 0 Å². The lowest BCUT2D eigenvalue weighted by Gasteiger charge is -2.28. The van der Waals surface area contributed by atoms with Crippen molar-refractivity contribution in [3.63, 3.8) is 0 Å². The van der Waals surface area contributed by atoms with Gasteiger partial charge in [0.25, 0.3) is 5.56 Å². The number of nitrogens with zero attached hydrogens (tertiary/aromatic N) is 2. The van der Waals surface area contributed by atoms with Crippen LogP contribution in [0.2, 0.25) is 0 Å². The van der Waals surface area contributed by atoms with E-state index in [2.05, 4.69) is 21.8 Å². The number of hydrogen-bond acceptors (Lipinski definition) is 7. The Morgan fingerprint density at radius 2 is 2.36 bits per heavy atom. The number of alkyl halides is 1. The highest BCUT2D eigenvalue weighted by molar-refractivity contribution is 5.76. The number of aromatic nitrogens is 3. The van der Waals surface area contributed by atoms with E-state index in [1.165, 1.54) is 23.8 Å². The molecule has 1 aliphatic heterocycles. The lowest BCUT2D eigenvalue weighted by molar-refractivity contribution is -0.0755. The van der Waals surface area contributed by atoms with Crippen molar-refractivity contribution in [2.45, 2.75) is 37.0 Å². The molecule has 1 unspecified atom stereocenters. The van der Waals surface area contributed by atoms with Gasteiger partial charge in [0.2, 0.25) is 5.95 Å². The molecule has 7 N–H and O–H groups in total. The van der Waals surface area contributed by atoms with Gasteiger partial charge in [0, 0.05) is 6.20 Å². The molecule has 0 amide bonds. The van der Waals surface area contributed by atoms with Crippen molar-refractivity contribution in [1.82, 2.24) is 14.5 Å². The minimum Gasteiger partial charge on any atom is -0.391 e. The van der Waals surface area contributed by atoms with Gasteiger partial charge in [-0.2, -0.15) is 4.98 Å². The van der Waals surface area contributed by atoms with Crippen LogP contribution >= 0.6 is 0 Å². The zero-order chi connectivity index (χ0) is 18.4. The summed E-state index contributed by atoms with van der Waals surface area (Å²) in [6.07, 6.45) is -3.15. The highest BCUT2D eigenvalue weighted by Crippen LogP contribution is 2.39. The summed E-state index contributed by atoms with van der Waals surface area (Å²) in [6.45, 7) is 0.461. The molecule has 3 heterocycles. The molecule has 1 fully saturated rings. The van der Waals surface area contributed by atoms with Crippen molar-refractivity contribution in [3.05, 3.63) is 22.6 Å². The van der Waals surface area contributed by atoms with Gasteiger partial charge in [0.15, 0.2) is 17.4 Å². The zero-order valence-electron chi connectivity index (χ0n) is 13.3. The van der Waals surface area contributed by atoms with Crippen LogP contribution in [-0.2, 0) is 4.74 Å². The SMILES string of the molecule is C[C@@H](O)[C@H]1O[C@@H](n2ccc3c(=O)[nH]c(N)nc32)C(N)(C#CCF)[C@H]1O. The molecular formula is C15H18FN5O4. The average Bonchev–Trinajstić information content (AvgIpc) is 3.06. The van der Waals surface area contributed by atoms with Crippen molar-refractivity contribution in [2.24, 2.45) is 5.73 Å². The number of H-pyrrole nitrogens is 1. The van der Waals surface area contributed by atoms with Gasteiger partial charge < -0.3 is 31.0 Å². The van der Waals surface area contributed by atoms with Crippen LogP contribution in [0.3, 0.4) is 0 Å². The number of nitrogens with one attached hydrogen (secondary N) is 1. The molecule has 10 heteroatoms. The number of hydrogen-bond donors (Lipinski definition) is 5. The summed E-state index contributed by atoms with van der Waals surface area (Å²) in [5.74, 6) is 4.56. The Hall–Kier alpha value is -2.45. The fraction of sp³-hybridized carbons (Fsp3) is 0.467. The summed E-state index contributed by atoms with van der Waals surface area (Å²) in [7, 11) is 0. The number of ether oxygens (including phenoxy) is 1. The minimum absolute atomic E-state index is 0.111. The van der Waals surface area contributed by atoms with Crippen LogP contribution < -0.4 is 17.0 Å². The molecule has 1 aliphatic rings. The Bertz CT molecular complexity index is 914. The molecule has 0 spiro atoms. The molecule has 5 atom stereocenters. The van der Waals surface area contributed by atoms with Gasteiger partial charge >= 0.3 is 0 Å². The monoisotopic (exact) mass is 351 g/mol. The van der Waals surface area contributed by atoms with Gasteiger partial charge in [0.1, 0.15) is 18.9 Å². The predicted molar refractivity (Wildman–Crippen MR) is 87.0 cm³/mol. The molecule has 0 radical (unpaired) electrons. The van der Waals surface area contributed by atoms with Crippen LogP contribution in [0, 0.1) is 11.8 Å². The van der Waals surface area contributed by atoms with Crippen LogP contribution in [0.1, 0.15) is 13.2 Å². The standard InChI is InChI=1S/C15H18FN5O4/c1-7(22)9-10(23)15(18,4-2-5-16)13(25-9)21-6-3-8-11(21)19-14(17)20-12(8)24/h3,6-7,9-10,13,22-23H,5,18H2,1H3,(H3,17,19,20,24)/t7-,9-,10+,13-,15?/m1/s1. The van der Waals surface area contributed by atoms with Gasteiger partial charge in [-0.3, -0.25) is 9.78 Å². The van der Waals surface area contributed by atoms with E-state index in [4.69, 9.17) is 16.2 Å². The van der Waals surface area contributed by atoms with Crippen LogP contribution in [0.4, 0.5) is 10.3 Å². The fourth-order valence-electron chi connectivity index (χ4n) is 3.00. The maximum atomic E-state index is 12.5. The fourth-order valence-corrected chi connectivity index (χ4v) is 3.00. The first-order valence-corrected chi connectivity index (χ1v) is 7.52. The third-order valence-corrected chi connectivity index (χ3v) is 4.19. The maximum Gasteiger partial charge on any atom is 0.261 e. The quantitative estimate of drug-likeness (QED) is 0.418. The van der Waals surface area contributed by atoms with Gasteiger partial charge in [-0.05, 0) is 13.0 Å². The van der Waals surface area contributed by atoms with Crippen molar-refractivity contribution >= 4 is 17.0 Å². The average molecular weight is 351 g/mol. The number of nitrogen functional groups attached to an aromatic ring is 1. The van der Waals surface area contributed by atoms with Crippen LogP contribution in [-0.4, -0.2) is 55.3 Å². The number of nitrogens with two attached hydrogens (primary N) is 2. The molecule has 0 saturated carbocycles. The lowest BCUT2D eigenvalue weighted by Crippen LogP contribution is -2.54. The van der Waals surface area contributed by atoms with Crippen LogP contribution in [0.5, 0.6) is 0 Å². The second-order valence-electron chi connectivity index (χ2n) is 5.92. The first-order valence-electron chi connectivity index (χ1n) is 7.52. The van der Waals surface area contributed by atoms with Gasteiger partial charge in [0.05, 0.1) is 11.5 Å². The Labute approximate surface area is 141 Å². The third kappa shape index (κ3) is 2.67. The number of fused-ring (bicyclic) bond motifs is 1. The summed E-state index contributed by atoms with van der Waals surface area (Å²) in [4.78, 5) is 18.4. The smallest absolute Gasteiger partial charge is 0.261 e. The second-order valence-corrected chi connectivity index (χ2v) is 5.92. The molecule has 25 heavy (non-hydrogen) atoms. The molecule has 3 rings (SSSR count). The Morgan fingerprint density at radius 3 is 3.00 bits per heavy atom. The maximum absolute atomic E-state index is 12.5. The number of aromatic amines is 1. The number of aliphatic hydroxyl groups excluding tert-OH is 2. The lowest BCUT2D eigenvalue weighted by atomic mass is 9.90. The first kappa shape index (κ1) is 17.4. The van der Waals surface area contributed by atoms with Crippen molar-refractivity contribution in [2.75, 3.05) is 12.4 Å². The van der Waals surface area contributed by atoms with E-state index in [0.717, 1.165) is 0 Å². The highest BCUT2D eigenvalue weighted by atomic mass is 19.1. The van der Waals surface area contributed by atoms with Crippen molar-refractivity contribution in [3.8, 4) is 11.8 Å². The topological polar surface area (TPSA) is 152 Å². The van der Waals surface area contributed by atoms with Crippen LogP contribution in [0.15, 0.2) is 17.1 Å². The summed E-state index contributed by atoms with van der Waals surface area (Å²) >= 11 is 0. The van der Waals surface area contributed by atoms with Gasteiger partial charge in [-0.15, -0.1) is 0 Å². The highest BCUT2D eigenvalue weighted by Gasteiger charge is 2.55. The Morgan fingerprint density at radius 1 is 1.64 bits per heavy atom. The van der Waals surface area contributed by atoms with E-state index < -0.39 is 42.3 Å². The van der Waals surface area contributed by atoms with E-state index >= 15 is 0 Å². The summed E-state index contributed by atoms with van der Waals surface area (Å²) in [5, 5.41) is 20.6. The van der Waals surface area contributed by atoms with Crippen LogP contribution in [0.25, 0.3) is 11.0 Å². The van der Waals surface area contributed by atoms with Crippen molar-refractivity contribution in [1.29, 1.82) is 0 Å². The zero-order valence-corrected chi connectivity index (χ0v) is 13.3. The molecule has 0 aliphatic carbocycles. The molecule has 0 aromatic carbocycles. The number of rotatable bonds is 2. The largest absolute Gasteiger partial charge is 0.391 e. The van der Waals surface area contributed by atoms with E-state index in [0.29, 0.717) is 0 Å². The van der Waals surface area contributed by atoms with Gasteiger partial charge in [-0.25, -0.2) is 4.39 Å². The number of halogens is 1. The summed E-state index contributed by atoms with van der Waals surface area (Å²) in [6, 6.07) is 1.48. The first-order chi connectivity index (χ1) is 11.8. The van der Waals surface area contributed by atoms with E-state index in [-0.39, 0.29) is 17.0 Å². The molecule has 1 saturated heterocycles. The Kier molecular flexibility index (Phi) is 4.26. The van der Waals surface area contributed by atoms with E-state index in [1.54, 1.807) is 0 Å². The second kappa shape index (κ2) is 6.12. The Balaban J connectivity index is 2.18. The predicted octanol–water partition coefficient (Wildman–Crippen LogP) is -1.38.